The van der Waals surface area contributed by atoms with E-state index >= 15 is 0 Å². The number of rotatable bonds is 2. The second kappa shape index (κ2) is 5.88. The van der Waals surface area contributed by atoms with Crippen molar-refractivity contribution < 1.29 is 14.5 Å². The smallest absolute Gasteiger partial charge is 0.269 e. The van der Waals surface area contributed by atoms with Crippen molar-refractivity contribution in [3.05, 3.63) is 64.2 Å². The van der Waals surface area contributed by atoms with E-state index in [9.17, 15) is 19.7 Å². The Balaban J connectivity index is 2.00. The summed E-state index contributed by atoms with van der Waals surface area (Å²) >= 11 is 0. The minimum absolute atomic E-state index is 0.106. The van der Waals surface area contributed by atoms with Crippen molar-refractivity contribution in [1.29, 1.82) is 0 Å². The monoisotopic (exact) mass is 311 g/mol. The average Bonchev–Trinajstić information content (AvgIpc) is 2.72. The molecular formula is C16H13N3O4. The Morgan fingerprint density at radius 1 is 1.13 bits per heavy atom. The number of nitro benzene ring substituents is 1. The van der Waals surface area contributed by atoms with Crippen molar-refractivity contribution in [3.8, 4) is 0 Å². The van der Waals surface area contributed by atoms with Crippen molar-refractivity contribution in [1.82, 2.24) is 0 Å². The number of non-ortho nitro benzene ring substituents is 1. The van der Waals surface area contributed by atoms with Gasteiger partial charge in [0.1, 0.15) is 0 Å². The molecule has 0 saturated carbocycles. The van der Waals surface area contributed by atoms with Gasteiger partial charge in [-0.1, -0.05) is 12.1 Å². The molecule has 1 aliphatic heterocycles. The van der Waals surface area contributed by atoms with Crippen LogP contribution in [0.25, 0.3) is 0 Å². The summed E-state index contributed by atoms with van der Waals surface area (Å²) in [5, 5.41) is 13.8. The minimum atomic E-state index is -0.537. The van der Waals surface area contributed by atoms with E-state index in [0.29, 0.717) is 17.9 Å². The number of anilines is 2. The molecule has 1 N–H and O–H groups in total. The van der Waals surface area contributed by atoms with Crippen molar-refractivity contribution in [3.63, 3.8) is 0 Å². The molecule has 1 heterocycles. The van der Waals surface area contributed by atoms with Crippen molar-refractivity contribution in [2.24, 2.45) is 0 Å². The molecule has 0 aliphatic carbocycles. The van der Waals surface area contributed by atoms with Gasteiger partial charge in [0.25, 0.3) is 11.6 Å². The molecule has 2 aromatic rings. The van der Waals surface area contributed by atoms with Crippen LogP contribution in [0.4, 0.5) is 17.1 Å². The fourth-order valence-corrected chi connectivity index (χ4v) is 2.45. The number of nitrogens with one attached hydrogen (secondary N) is 1. The summed E-state index contributed by atoms with van der Waals surface area (Å²) in [7, 11) is 0. The van der Waals surface area contributed by atoms with E-state index < -0.39 is 10.8 Å². The number of hydrogen-bond donors (Lipinski definition) is 1. The molecule has 0 unspecified atom stereocenters. The summed E-state index contributed by atoms with van der Waals surface area (Å²) in [6, 6.07) is 12.3. The highest BCUT2D eigenvalue weighted by Crippen LogP contribution is 2.30. The summed E-state index contributed by atoms with van der Waals surface area (Å²) in [5.41, 5.74) is 1.30. The van der Waals surface area contributed by atoms with Gasteiger partial charge in [0, 0.05) is 30.7 Å². The van der Waals surface area contributed by atoms with Crippen LogP contribution in [0, 0.1) is 10.1 Å². The molecule has 0 radical (unpaired) electrons. The predicted octanol–water partition coefficient (Wildman–Crippen LogP) is 2.58. The predicted molar refractivity (Wildman–Crippen MR) is 84.5 cm³/mol. The summed E-state index contributed by atoms with van der Waals surface area (Å²) in [6.45, 7) is 0.444. The highest BCUT2D eigenvalue weighted by atomic mass is 16.6. The van der Waals surface area contributed by atoms with E-state index in [4.69, 9.17) is 0 Å². The Hall–Kier alpha value is -3.22. The van der Waals surface area contributed by atoms with Gasteiger partial charge in [0.2, 0.25) is 5.91 Å². The second-order valence-corrected chi connectivity index (χ2v) is 5.03. The molecule has 0 bridgehead atoms. The summed E-state index contributed by atoms with van der Waals surface area (Å²) in [4.78, 5) is 36.3. The molecular weight excluding hydrogens is 298 g/mol. The maximum atomic E-state index is 12.7. The van der Waals surface area contributed by atoms with Gasteiger partial charge in [-0.25, -0.2) is 4.90 Å². The third kappa shape index (κ3) is 2.76. The quantitative estimate of drug-likeness (QED) is 0.523. The first-order valence-corrected chi connectivity index (χ1v) is 7.02. The third-order valence-electron chi connectivity index (χ3n) is 3.58. The fraction of sp³-hybridized carbons (Fsp3) is 0.125. The van der Waals surface area contributed by atoms with Gasteiger partial charge in [0.05, 0.1) is 16.3 Å². The number of hydrogen-bond acceptors (Lipinski definition) is 5. The average molecular weight is 311 g/mol. The van der Waals surface area contributed by atoms with Gasteiger partial charge in [-0.05, 0) is 24.3 Å². The number of nitro groups is 1. The molecule has 2 amide bonds. The van der Waals surface area contributed by atoms with Crippen LogP contribution >= 0.6 is 0 Å². The van der Waals surface area contributed by atoms with Crippen LogP contribution in [-0.4, -0.2) is 23.3 Å². The lowest BCUT2D eigenvalue weighted by atomic mass is 10.1. The van der Waals surface area contributed by atoms with E-state index in [-0.39, 0.29) is 23.6 Å². The van der Waals surface area contributed by atoms with Crippen LogP contribution in [0.15, 0.2) is 48.5 Å². The zero-order valence-electron chi connectivity index (χ0n) is 12.1. The number of fused-ring (bicyclic) bond motifs is 1. The van der Waals surface area contributed by atoms with Gasteiger partial charge in [-0.15, -0.1) is 0 Å². The third-order valence-corrected chi connectivity index (χ3v) is 3.58. The first kappa shape index (κ1) is 14.7. The van der Waals surface area contributed by atoms with E-state index in [1.165, 1.54) is 24.3 Å². The molecule has 2 aromatic carbocycles. The maximum absolute atomic E-state index is 12.7. The highest BCUT2D eigenvalue weighted by Gasteiger charge is 2.28. The molecule has 116 valence electrons. The molecule has 0 atom stereocenters. The molecule has 1 aliphatic rings. The van der Waals surface area contributed by atoms with Crippen molar-refractivity contribution in [2.75, 3.05) is 16.8 Å². The Morgan fingerprint density at radius 3 is 2.52 bits per heavy atom. The molecule has 7 nitrogen and oxygen atoms in total. The topological polar surface area (TPSA) is 92.6 Å². The van der Waals surface area contributed by atoms with E-state index in [1.54, 1.807) is 18.2 Å². The van der Waals surface area contributed by atoms with Crippen LogP contribution in [-0.2, 0) is 4.79 Å². The summed E-state index contributed by atoms with van der Waals surface area (Å²) < 4.78 is 0. The molecule has 23 heavy (non-hydrogen) atoms. The van der Waals surface area contributed by atoms with Crippen LogP contribution in [0.3, 0.4) is 0 Å². The van der Waals surface area contributed by atoms with Crippen LogP contribution in [0.5, 0.6) is 0 Å². The van der Waals surface area contributed by atoms with Gasteiger partial charge in [-0.2, -0.15) is 0 Å². The van der Waals surface area contributed by atoms with Gasteiger partial charge in [-0.3, -0.25) is 19.7 Å². The lowest BCUT2D eigenvalue weighted by molar-refractivity contribution is -0.384. The molecule has 0 saturated heterocycles. The Bertz CT molecular complexity index is 786. The molecule has 0 aromatic heterocycles. The molecule has 0 fully saturated rings. The summed E-state index contributed by atoms with van der Waals surface area (Å²) in [6.07, 6.45) is 0.188. The Kier molecular flexibility index (Phi) is 3.76. The number of carbonyl (C=O) groups is 2. The van der Waals surface area contributed by atoms with E-state index in [2.05, 4.69) is 5.32 Å². The number of amides is 2. The molecule has 0 spiro atoms. The SMILES string of the molecule is O=C1CCNc2ccccc2N1C(=O)c1ccc([N+](=O)[O-])cc1. The van der Waals surface area contributed by atoms with Crippen LogP contribution in [0.2, 0.25) is 0 Å². The molecule has 3 rings (SSSR count). The zero-order chi connectivity index (χ0) is 16.4. The first-order chi connectivity index (χ1) is 11.1. The first-order valence-electron chi connectivity index (χ1n) is 7.02. The standard InChI is InChI=1S/C16H13N3O4/c20-15-9-10-17-13-3-1-2-4-14(13)18(15)16(21)11-5-7-12(8-6-11)19(22)23/h1-8,17H,9-10H2. The van der Waals surface area contributed by atoms with Crippen LogP contribution < -0.4 is 10.2 Å². The minimum Gasteiger partial charge on any atom is -0.383 e. The largest absolute Gasteiger partial charge is 0.383 e. The van der Waals surface area contributed by atoms with E-state index in [1.807, 2.05) is 6.07 Å². The lowest BCUT2D eigenvalue weighted by Gasteiger charge is -2.20. The normalized spacial score (nSPS) is 13.7. The second-order valence-electron chi connectivity index (χ2n) is 5.03. The number of carbonyl (C=O) groups excluding carboxylic acids is 2. The van der Waals surface area contributed by atoms with Gasteiger partial charge in [0.15, 0.2) is 0 Å². The highest BCUT2D eigenvalue weighted by molar-refractivity contribution is 6.22. The fourth-order valence-electron chi connectivity index (χ4n) is 2.45. The van der Waals surface area contributed by atoms with Crippen molar-refractivity contribution in [2.45, 2.75) is 6.42 Å². The number of benzene rings is 2. The van der Waals surface area contributed by atoms with E-state index in [0.717, 1.165) is 4.90 Å². The summed E-state index contributed by atoms with van der Waals surface area (Å²) in [5.74, 6) is -0.813. The van der Waals surface area contributed by atoms with Crippen molar-refractivity contribution >= 4 is 28.9 Å². The Morgan fingerprint density at radius 2 is 1.83 bits per heavy atom. The number of imide groups is 1. The number of para-hydroxylation sites is 2. The zero-order valence-corrected chi connectivity index (χ0v) is 12.1. The maximum Gasteiger partial charge on any atom is 0.269 e. The van der Waals surface area contributed by atoms with Gasteiger partial charge >= 0.3 is 0 Å². The van der Waals surface area contributed by atoms with Crippen LogP contribution in [0.1, 0.15) is 16.8 Å². The van der Waals surface area contributed by atoms with Gasteiger partial charge < -0.3 is 5.32 Å². The molecule has 7 heteroatoms. The Labute approximate surface area is 131 Å². The lowest BCUT2D eigenvalue weighted by Crippen LogP contribution is -2.36. The number of nitrogens with zero attached hydrogens (tertiary/aromatic N) is 2.